The Kier molecular flexibility index (Phi) is 7.53. The lowest BCUT2D eigenvalue weighted by Gasteiger charge is -2.40. The Morgan fingerprint density at radius 2 is 1.59 bits per heavy atom. The molecule has 27 heavy (non-hydrogen) atoms. The second-order valence-corrected chi connectivity index (χ2v) is 14.3. The standard InChI is InChI=1S/C20H35N3O3Si/c1-14(24)17(22-23-21)18(26-27(8,9)20(5,6)7)25-16-12-10-15(11-13-16)19(2,3)4/h10-14,17-18,24H,1-9H3/t14-,17-,18?/m0/s1. The topological polar surface area (TPSA) is 87.5 Å². The van der Waals surface area contributed by atoms with Crippen molar-refractivity contribution in [3.8, 4) is 5.75 Å². The number of hydrogen-bond acceptors (Lipinski definition) is 4. The van der Waals surface area contributed by atoms with E-state index in [2.05, 4.69) is 64.7 Å². The van der Waals surface area contributed by atoms with Crippen LogP contribution in [0.15, 0.2) is 29.4 Å². The lowest BCUT2D eigenvalue weighted by molar-refractivity contribution is -0.0535. The van der Waals surface area contributed by atoms with Crippen molar-refractivity contribution in [2.45, 2.75) is 90.4 Å². The van der Waals surface area contributed by atoms with E-state index in [0.29, 0.717) is 5.75 Å². The van der Waals surface area contributed by atoms with Gasteiger partial charge >= 0.3 is 0 Å². The van der Waals surface area contributed by atoms with Crippen LogP contribution in [0.2, 0.25) is 18.1 Å². The first-order chi connectivity index (χ1) is 12.2. The number of aliphatic hydroxyl groups excluding tert-OH is 1. The van der Waals surface area contributed by atoms with Crippen LogP contribution in [-0.4, -0.2) is 31.9 Å². The summed E-state index contributed by atoms with van der Waals surface area (Å²) in [7, 11) is -2.22. The molecule has 0 aliphatic carbocycles. The second kappa shape index (κ2) is 8.65. The van der Waals surface area contributed by atoms with E-state index in [1.54, 1.807) is 6.92 Å². The molecule has 1 aromatic rings. The minimum absolute atomic E-state index is 0.0445. The van der Waals surface area contributed by atoms with Gasteiger partial charge in [-0.15, -0.1) is 0 Å². The Hall–Kier alpha value is -1.53. The molecule has 152 valence electrons. The van der Waals surface area contributed by atoms with Crippen molar-refractivity contribution in [2.75, 3.05) is 0 Å². The Labute approximate surface area is 164 Å². The number of azide groups is 1. The van der Waals surface area contributed by atoms with E-state index in [1.165, 1.54) is 5.56 Å². The molecule has 1 aromatic carbocycles. The Morgan fingerprint density at radius 3 is 1.96 bits per heavy atom. The molecule has 0 spiro atoms. The molecule has 0 radical (unpaired) electrons. The summed E-state index contributed by atoms with van der Waals surface area (Å²) in [6.07, 6.45) is -1.76. The highest BCUT2D eigenvalue weighted by atomic mass is 28.4. The Balaban J connectivity index is 3.19. The molecule has 0 saturated carbocycles. The summed E-state index contributed by atoms with van der Waals surface area (Å²) in [5.41, 5.74) is 10.2. The normalized spacial score (nSPS) is 16.2. The quantitative estimate of drug-likeness (QED) is 0.210. The van der Waals surface area contributed by atoms with Gasteiger partial charge in [-0.1, -0.05) is 58.8 Å². The summed E-state index contributed by atoms with van der Waals surface area (Å²) in [4.78, 5) is 2.88. The molecular weight excluding hydrogens is 358 g/mol. The van der Waals surface area contributed by atoms with E-state index < -0.39 is 26.8 Å². The first kappa shape index (κ1) is 23.5. The molecule has 0 amide bonds. The van der Waals surface area contributed by atoms with Crippen LogP contribution in [0.1, 0.15) is 54.0 Å². The van der Waals surface area contributed by atoms with E-state index in [-0.39, 0.29) is 10.5 Å². The van der Waals surface area contributed by atoms with Crippen molar-refractivity contribution >= 4 is 8.32 Å². The highest BCUT2D eigenvalue weighted by Gasteiger charge is 2.42. The SMILES string of the molecule is C[C@H](O)[C@H](N=[N+]=[N-])C(Oc1ccc(C(C)(C)C)cc1)O[Si](C)(C)C(C)(C)C. The van der Waals surface area contributed by atoms with Gasteiger partial charge in [0.2, 0.25) is 6.29 Å². The number of nitrogens with zero attached hydrogens (tertiary/aromatic N) is 3. The minimum atomic E-state index is -2.22. The average molecular weight is 394 g/mol. The smallest absolute Gasteiger partial charge is 0.201 e. The molecule has 7 heteroatoms. The van der Waals surface area contributed by atoms with Gasteiger partial charge in [0.05, 0.1) is 6.10 Å². The Morgan fingerprint density at radius 1 is 1.07 bits per heavy atom. The van der Waals surface area contributed by atoms with E-state index in [9.17, 15) is 5.11 Å². The molecule has 0 fully saturated rings. The predicted octanol–water partition coefficient (Wildman–Crippen LogP) is 5.77. The maximum Gasteiger partial charge on any atom is 0.201 e. The summed E-state index contributed by atoms with van der Waals surface area (Å²) < 4.78 is 12.4. The van der Waals surface area contributed by atoms with Crippen molar-refractivity contribution in [3.05, 3.63) is 40.3 Å². The number of benzene rings is 1. The molecule has 0 heterocycles. The van der Waals surface area contributed by atoms with Crippen molar-refractivity contribution in [1.29, 1.82) is 0 Å². The van der Waals surface area contributed by atoms with Crippen LogP contribution in [0.25, 0.3) is 10.4 Å². The fourth-order valence-corrected chi connectivity index (χ4v) is 3.36. The van der Waals surface area contributed by atoms with E-state index in [1.807, 2.05) is 24.3 Å². The zero-order chi connectivity index (χ0) is 21.0. The maximum absolute atomic E-state index is 10.1. The zero-order valence-electron chi connectivity index (χ0n) is 18.1. The van der Waals surface area contributed by atoms with Gasteiger partial charge in [-0.3, -0.25) is 0 Å². The third-order valence-electron chi connectivity index (χ3n) is 5.15. The van der Waals surface area contributed by atoms with Gasteiger partial charge in [0.1, 0.15) is 11.8 Å². The molecule has 0 saturated heterocycles. The first-order valence-electron chi connectivity index (χ1n) is 9.36. The van der Waals surface area contributed by atoms with Gasteiger partial charge in [-0.05, 0) is 53.7 Å². The number of ether oxygens (including phenoxy) is 1. The molecule has 6 nitrogen and oxygen atoms in total. The molecule has 0 bridgehead atoms. The van der Waals surface area contributed by atoms with Crippen LogP contribution in [0.5, 0.6) is 5.75 Å². The third-order valence-corrected chi connectivity index (χ3v) is 9.58. The lowest BCUT2D eigenvalue weighted by atomic mass is 9.87. The van der Waals surface area contributed by atoms with Gasteiger partial charge in [-0.25, -0.2) is 0 Å². The van der Waals surface area contributed by atoms with Crippen LogP contribution < -0.4 is 4.74 Å². The highest BCUT2D eigenvalue weighted by molar-refractivity contribution is 6.74. The summed E-state index contributed by atoms with van der Waals surface area (Å²) >= 11 is 0. The van der Waals surface area contributed by atoms with Crippen molar-refractivity contribution in [2.24, 2.45) is 5.11 Å². The summed E-state index contributed by atoms with van der Waals surface area (Å²) in [6.45, 7) is 18.6. The number of aliphatic hydroxyl groups is 1. The second-order valence-electron chi connectivity index (χ2n) is 9.57. The first-order valence-corrected chi connectivity index (χ1v) is 12.3. The zero-order valence-corrected chi connectivity index (χ0v) is 19.1. The maximum atomic E-state index is 10.1. The van der Waals surface area contributed by atoms with E-state index >= 15 is 0 Å². The van der Waals surface area contributed by atoms with Crippen LogP contribution in [-0.2, 0) is 9.84 Å². The Bertz CT molecular complexity index is 655. The summed E-state index contributed by atoms with van der Waals surface area (Å²) in [5.74, 6) is 0.616. The fourth-order valence-electron chi connectivity index (χ4n) is 2.24. The average Bonchev–Trinajstić information content (AvgIpc) is 2.50. The molecular formula is C20H35N3O3Si. The lowest BCUT2D eigenvalue weighted by Crippen LogP contribution is -2.51. The largest absolute Gasteiger partial charge is 0.465 e. The van der Waals surface area contributed by atoms with Crippen LogP contribution in [0.3, 0.4) is 0 Å². The molecule has 3 atom stereocenters. The van der Waals surface area contributed by atoms with Gasteiger partial charge in [0.15, 0.2) is 8.32 Å². The predicted molar refractivity (Wildman–Crippen MR) is 112 cm³/mol. The van der Waals surface area contributed by atoms with Crippen molar-refractivity contribution < 1.29 is 14.3 Å². The molecule has 1 N–H and O–H groups in total. The van der Waals surface area contributed by atoms with E-state index in [4.69, 9.17) is 14.7 Å². The monoisotopic (exact) mass is 393 g/mol. The fraction of sp³-hybridized carbons (Fsp3) is 0.700. The number of hydrogen-bond donors (Lipinski definition) is 1. The molecule has 0 aromatic heterocycles. The van der Waals surface area contributed by atoms with Crippen LogP contribution >= 0.6 is 0 Å². The molecule has 1 unspecified atom stereocenters. The van der Waals surface area contributed by atoms with Crippen LogP contribution in [0, 0.1) is 0 Å². The molecule has 0 aliphatic rings. The van der Waals surface area contributed by atoms with Gasteiger partial charge in [0.25, 0.3) is 0 Å². The summed E-state index contributed by atoms with van der Waals surface area (Å²) in [5, 5.41) is 13.8. The number of rotatable bonds is 7. The summed E-state index contributed by atoms with van der Waals surface area (Å²) in [6, 6.07) is 6.97. The minimum Gasteiger partial charge on any atom is -0.465 e. The molecule has 0 aliphatic heterocycles. The van der Waals surface area contributed by atoms with Gasteiger partial charge < -0.3 is 14.3 Å². The third kappa shape index (κ3) is 6.54. The highest BCUT2D eigenvalue weighted by Crippen LogP contribution is 2.38. The van der Waals surface area contributed by atoms with Crippen LogP contribution in [0.4, 0.5) is 0 Å². The van der Waals surface area contributed by atoms with Crippen molar-refractivity contribution in [1.82, 2.24) is 0 Å². The van der Waals surface area contributed by atoms with E-state index in [0.717, 1.165) is 0 Å². The van der Waals surface area contributed by atoms with Gasteiger partial charge in [-0.2, -0.15) is 0 Å². The van der Waals surface area contributed by atoms with Gasteiger partial charge in [0, 0.05) is 4.91 Å². The molecule has 1 rings (SSSR count). The van der Waals surface area contributed by atoms with Crippen molar-refractivity contribution in [3.63, 3.8) is 0 Å².